The third-order valence-electron chi connectivity index (χ3n) is 4.79. The molecule has 2 heterocycles. The number of carbonyl (C=O) groups excluding carboxylic acids is 2. The Kier molecular flexibility index (Phi) is 6.09. The van der Waals surface area contributed by atoms with Crippen molar-refractivity contribution >= 4 is 46.6 Å². The van der Waals surface area contributed by atoms with Crippen LogP contribution in [0.15, 0.2) is 53.3 Å². The number of ether oxygens (including phenoxy) is 1. The molecule has 2 amide bonds. The van der Waals surface area contributed by atoms with Crippen LogP contribution < -0.4 is 26.2 Å². The number of fused-ring (bicyclic) bond motifs is 1. The Labute approximate surface area is 188 Å². The first kappa shape index (κ1) is 21.4. The lowest BCUT2D eigenvalue weighted by Crippen LogP contribution is -2.36. The highest BCUT2D eigenvalue weighted by atomic mass is 35.5. The van der Waals surface area contributed by atoms with Gasteiger partial charge >= 0.3 is 0 Å². The quantitative estimate of drug-likeness (QED) is 0.451. The van der Waals surface area contributed by atoms with Gasteiger partial charge in [0.1, 0.15) is 11.6 Å². The number of aromatic amines is 1. The SMILES string of the molecule is CCOc1ccc(NC(=O)[C@H]2CC(=O)Nc3nc(Nc4cccc(Cl)c4)[nH]c(=O)c32)cc1. The molecular weight excluding hydrogens is 434 g/mol. The molecule has 4 N–H and O–H groups in total. The number of anilines is 4. The van der Waals surface area contributed by atoms with Gasteiger partial charge in [-0.2, -0.15) is 4.98 Å². The number of benzene rings is 2. The topological polar surface area (TPSA) is 125 Å². The first-order valence-corrected chi connectivity index (χ1v) is 10.3. The van der Waals surface area contributed by atoms with Crippen LogP contribution in [0, 0.1) is 0 Å². The Morgan fingerprint density at radius 3 is 2.69 bits per heavy atom. The number of H-pyrrole nitrogens is 1. The average Bonchev–Trinajstić information content (AvgIpc) is 2.74. The Balaban J connectivity index is 1.58. The highest BCUT2D eigenvalue weighted by molar-refractivity contribution is 6.30. The Hall–Kier alpha value is -3.85. The van der Waals surface area contributed by atoms with Crippen LogP contribution >= 0.6 is 11.6 Å². The Bertz CT molecular complexity index is 1230. The summed E-state index contributed by atoms with van der Waals surface area (Å²) in [7, 11) is 0. The van der Waals surface area contributed by atoms with Crippen molar-refractivity contribution in [2.24, 2.45) is 0 Å². The minimum absolute atomic E-state index is 0.0429. The highest BCUT2D eigenvalue weighted by Gasteiger charge is 2.34. The zero-order valence-electron chi connectivity index (χ0n) is 17.1. The molecule has 3 aromatic rings. The third kappa shape index (κ3) is 4.73. The number of halogens is 1. The summed E-state index contributed by atoms with van der Waals surface area (Å²) in [4.78, 5) is 44.9. The molecule has 0 spiro atoms. The van der Waals surface area contributed by atoms with Gasteiger partial charge in [0.25, 0.3) is 5.56 Å². The largest absolute Gasteiger partial charge is 0.494 e. The molecule has 1 aliphatic heterocycles. The van der Waals surface area contributed by atoms with Crippen LogP contribution in [0.2, 0.25) is 5.02 Å². The molecule has 1 aliphatic rings. The van der Waals surface area contributed by atoms with Crippen molar-refractivity contribution in [3.63, 3.8) is 0 Å². The minimum atomic E-state index is -0.984. The predicted molar refractivity (Wildman–Crippen MR) is 122 cm³/mol. The second-order valence-corrected chi connectivity index (χ2v) is 7.50. The van der Waals surface area contributed by atoms with Crippen LogP contribution in [0.5, 0.6) is 5.75 Å². The van der Waals surface area contributed by atoms with Gasteiger partial charge in [-0.1, -0.05) is 17.7 Å². The monoisotopic (exact) mass is 453 g/mol. The normalized spacial score (nSPS) is 14.8. The van der Waals surface area contributed by atoms with E-state index in [-0.39, 0.29) is 23.8 Å². The number of nitrogens with one attached hydrogen (secondary N) is 4. The summed E-state index contributed by atoms with van der Waals surface area (Å²) < 4.78 is 5.39. The predicted octanol–water partition coefficient (Wildman–Crippen LogP) is 3.63. The van der Waals surface area contributed by atoms with Crippen molar-refractivity contribution < 1.29 is 14.3 Å². The molecule has 0 fully saturated rings. The molecule has 0 aliphatic carbocycles. The van der Waals surface area contributed by atoms with Gasteiger partial charge in [0.15, 0.2) is 0 Å². The van der Waals surface area contributed by atoms with Crippen LogP contribution in [-0.4, -0.2) is 28.4 Å². The second kappa shape index (κ2) is 9.11. The lowest BCUT2D eigenvalue weighted by Gasteiger charge is -2.23. The maximum atomic E-state index is 12.9. The first-order valence-electron chi connectivity index (χ1n) is 9.93. The van der Waals surface area contributed by atoms with Crippen molar-refractivity contribution in [2.45, 2.75) is 19.3 Å². The van der Waals surface area contributed by atoms with E-state index in [4.69, 9.17) is 16.3 Å². The summed E-state index contributed by atoms with van der Waals surface area (Å²) in [6, 6.07) is 13.7. The van der Waals surface area contributed by atoms with Gasteiger partial charge in [-0.15, -0.1) is 0 Å². The standard InChI is InChI=1S/C22H20ClN5O4/c1-2-32-15-8-6-13(7-9-15)24-20(30)16-11-17(29)26-19-18(16)21(31)28-22(27-19)25-14-5-3-4-12(23)10-14/h3-10,16H,2,11H2,1H3,(H,24,30)(H3,25,26,27,28,29,31)/t16-/m0/s1. The van der Waals surface area contributed by atoms with E-state index in [2.05, 4.69) is 25.9 Å². The Morgan fingerprint density at radius 2 is 1.97 bits per heavy atom. The van der Waals surface area contributed by atoms with Crippen molar-refractivity contribution in [2.75, 3.05) is 22.6 Å². The summed E-state index contributed by atoms with van der Waals surface area (Å²) in [5.74, 6) is -1.04. The number of amides is 2. The summed E-state index contributed by atoms with van der Waals surface area (Å²) in [5.41, 5.74) is 0.707. The number of carbonyl (C=O) groups is 2. The zero-order valence-corrected chi connectivity index (χ0v) is 17.8. The lowest BCUT2D eigenvalue weighted by atomic mass is 9.92. The molecule has 32 heavy (non-hydrogen) atoms. The fraction of sp³-hybridized carbons (Fsp3) is 0.182. The second-order valence-electron chi connectivity index (χ2n) is 7.06. The van der Waals surface area contributed by atoms with Crippen LogP contribution in [0.25, 0.3) is 0 Å². The summed E-state index contributed by atoms with van der Waals surface area (Å²) in [5, 5.41) is 8.76. The maximum absolute atomic E-state index is 12.9. The molecule has 10 heteroatoms. The van der Waals surface area contributed by atoms with E-state index in [0.29, 0.717) is 28.8 Å². The molecule has 1 atom stereocenters. The third-order valence-corrected chi connectivity index (χ3v) is 5.02. The van der Waals surface area contributed by atoms with Gasteiger partial charge in [0, 0.05) is 22.8 Å². The molecule has 164 valence electrons. The molecular formula is C22H20ClN5O4. The van der Waals surface area contributed by atoms with E-state index in [1.807, 2.05) is 6.92 Å². The van der Waals surface area contributed by atoms with E-state index in [1.54, 1.807) is 48.5 Å². The number of hydrogen-bond acceptors (Lipinski definition) is 6. The molecule has 0 unspecified atom stereocenters. The molecule has 0 bridgehead atoms. The van der Waals surface area contributed by atoms with Crippen LogP contribution in [0.4, 0.5) is 23.1 Å². The fourth-order valence-corrected chi connectivity index (χ4v) is 3.58. The molecule has 1 aromatic heterocycles. The average molecular weight is 454 g/mol. The molecule has 0 radical (unpaired) electrons. The number of hydrogen-bond donors (Lipinski definition) is 4. The molecule has 0 saturated carbocycles. The van der Waals surface area contributed by atoms with Crippen LogP contribution in [0.3, 0.4) is 0 Å². The molecule has 0 saturated heterocycles. The van der Waals surface area contributed by atoms with Crippen LogP contribution in [-0.2, 0) is 9.59 Å². The number of rotatable bonds is 6. The van der Waals surface area contributed by atoms with Crippen molar-refractivity contribution in [3.8, 4) is 5.75 Å². The van der Waals surface area contributed by atoms with E-state index in [9.17, 15) is 14.4 Å². The van der Waals surface area contributed by atoms with E-state index < -0.39 is 23.3 Å². The molecule has 2 aromatic carbocycles. The van der Waals surface area contributed by atoms with Gasteiger partial charge in [-0.3, -0.25) is 19.4 Å². The summed E-state index contributed by atoms with van der Waals surface area (Å²) >= 11 is 5.98. The van der Waals surface area contributed by atoms with Crippen molar-refractivity contribution in [3.05, 3.63) is 69.5 Å². The lowest BCUT2D eigenvalue weighted by molar-refractivity contribution is -0.123. The van der Waals surface area contributed by atoms with Gasteiger partial charge in [0.2, 0.25) is 17.8 Å². The van der Waals surface area contributed by atoms with Gasteiger partial charge in [-0.25, -0.2) is 0 Å². The van der Waals surface area contributed by atoms with Crippen molar-refractivity contribution in [1.82, 2.24) is 9.97 Å². The van der Waals surface area contributed by atoms with E-state index >= 15 is 0 Å². The minimum Gasteiger partial charge on any atom is -0.494 e. The van der Waals surface area contributed by atoms with E-state index in [0.717, 1.165) is 0 Å². The Morgan fingerprint density at radius 1 is 1.19 bits per heavy atom. The molecule has 9 nitrogen and oxygen atoms in total. The van der Waals surface area contributed by atoms with Gasteiger partial charge < -0.3 is 20.7 Å². The number of nitrogens with zero attached hydrogens (tertiary/aromatic N) is 1. The smallest absolute Gasteiger partial charge is 0.258 e. The maximum Gasteiger partial charge on any atom is 0.258 e. The highest BCUT2D eigenvalue weighted by Crippen LogP contribution is 2.30. The zero-order chi connectivity index (χ0) is 22.7. The fourth-order valence-electron chi connectivity index (χ4n) is 3.39. The van der Waals surface area contributed by atoms with Gasteiger partial charge in [-0.05, 0) is 49.4 Å². The van der Waals surface area contributed by atoms with E-state index in [1.165, 1.54) is 0 Å². The number of aromatic nitrogens is 2. The van der Waals surface area contributed by atoms with Crippen molar-refractivity contribution in [1.29, 1.82) is 0 Å². The molecule has 4 rings (SSSR count). The van der Waals surface area contributed by atoms with Gasteiger partial charge in [0.05, 0.1) is 18.1 Å². The van der Waals surface area contributed by atoms with Crippen LogP contribution in [0.1, 0.15) is 24.8 Å². The summed E-state index contributed by atoms with van der Waals surface area (Å²) in [6.45, 7) is 2.41. The first-order chi connectivity index (χ1) is 15.4. The summed E-state index contributed by atoms with van der Waals surface area (Å²) in [6.07, 6.45) is -0.165.